The molecule has 1 aromatic carbocycles. The lowest BCUT2D eigenvalue weighted by atomic mass is 10.0. The second-order valence-corrected chi connectivity index (χ2v) is 5.41. The van der Waals surface area contributed by atoms with Gasteiger partial charge in [-0.1, -0.05) is 58.0 Å². The SMILES string of the molecule is CCC(CC)C(=O)NC[C@H](c1ccccc1)N(CC)CC. The molecule has 1 atom stereocenters. The van der Waals surface area contributed by atoms with Crippen molar-refractivity contribution in [1.29, 1.82) is 0 Å². The first-order valence-electron chi connectivity index (χ1n) is 8.24. The quantitative estimate of drug-likeness (QED) is 0.753. The Morgan fingerprint density at radius 2 is 1.62 bits per heavy atom. The van der Waals surface area contributed by atoms with Gasteiger partial charge in [-0.25, -0.2) is 0 Å². The fraction of sp³-hybridized carbons (Fsp3) is 0.611. The topological polar surface area (TPSA) is 32.3 Å². The van der Waals surface area contributed by atoms with Gasteiger partial charge in [0.2, 0.25) is 5.91 Å². The molecule has 1 amide bonds. The highest BCUT2D eigenvalue weighted by Gasteiger charge is 2.20. The van der Waals surface area contributed by atoms with E-state index in [1.807, 2.05) is 6.07 Å². The van der Waals surface area contributed by atoms with Crippen molar-refractivity contribution in [2.45, 2.75) is 46.6 Å². The summed E-state index contributed by atoms with van der Waals surface area (Å²) in [5, 5.41) is 3.15. The first-order chi connectivity index (χ1) is 10.2. The first-order valence-corrected chi connectivity index (χ1v) is 8.24. The number of nitrogens with zero attached hydrogens (tertiary/aromatic N) is 1. The lowest BCUT2D eigenvalue weighted by molar-refractivity contribution is -0.125. The van der Waals surface area contributed by atoms with E-state index < -0.39 is 0 Å². The van der Waals surface area contributed by atoms with Crippen LogP contribution in [0.4, 0.5) is 0 Å². The Morgan fingerprint density at radius 1 is 1.05 bits per heavy atom. The van der Waals surface area contributed by atoms with Gasteiger partial charge in [-0.3, -0.25) is 9.69 Å². The zero-order valence-electron chi connectivity index (χ0n) is 13.9. The van der Waals surface area contributed by atoms with E-state index in [2.05, 4.69) is 62.2 Å². The molecule has 0 fully saturated rings. The van der Waals surface area contributed by atoms with Crippen LogP contribution in [0.5, 0.6) is 0 Å². The van der Waals surface area contributed by atoms with Gasteiger partial charge in [0.1, 0.15) is 0 Å². The number of likely N-dealkylation sites (N-methyl/N-ethyl adjacent to an activating group) is 1. The minimum Gasteiger partial charge on any atom is -0.354 e. The maximum atomic E-state index is 12.2. The fourth-order valence-corrected chi connectivity index (χ4v) is 2.80. The number of carbonyl (C=O) groups is 1. The Labute approximate surface area is 129 Å². The van der Waals surface area contributed by atoms with E-state index in [0.29, 0.717) is 6.54 Å². The van der Waals surface area contributed by atoms with Gasteiger partial charge in [-0.15, -0.1) is 0 Å². The second-order valence-electron chi connectivity index (χ2n) is 5.41. The van der Waals surface area contributed by atoms with E-state index >= 15 is 0 Å². The Bertz CT molecular complexity index is 397. The Kier molecular flexibility index (Phi) is 8.06. The van der Waals surface area contributed by atoms with E-state index in [9.17, 15) is 4.79 Å². The van der Waals surface area contributed by atoms with E-state index in [1.54, 1.807) is 0 Å². The van der Waals surface area contributed by atoms with Crippen LogP contribution < -0.4 is 5.32 Å². The number of nitrogens with one attached hydrogen (secondary N) is 1. The summed E-state index contributed by atoms with van der Waals surface area (Å²) in [6.07, 6.45) is 1.81. The summed E-state index contributed by atoms with van der Waals surface area (Å²) in [6, 6.07) is 10.7. The van der Waals surface area contributed by atoms with Crippen LogP contribution in [0.15, 0.2) is 30.3 Å². The van der Waals surface area contributed by atoms with Gasteiger partial charge < -0.3 is 5.32 Å². The maximum absolute atomic E-state index is 12.2. The summed E-state index contributed by atoms with van der Waals surface area (Å²) in [6.45, 7) is 11.1. The number of benzene rings is 1. The maximum Gasteiger partial charge on any atom is 0.223 e. The molecule has 118 valence electrons. The predicted octanol–water partition coefficient (Wildman–Crippen LogP) is 3.62. The molecule has 1 N–H and O–H groups in total. The summed E-state index contributed by atoms with van der Waals surface area (Å²) < 4.78 is 0. The lowest BCUT2D eigenvalue weighted by Gasteiger charge is -2.30. The molecule has 0 saturated carbocycles. The molecule has 21 heavy (non-hydrogen) atoms. The molecular weight excluding hydrogens is 260 g/mol. The molecule has 1 rings (SSSR count). The van der Waals surface area contributed by atoms with Crippen LogP contribution in [-0.4, -0.2) is 30.4 Å². The van der Waals surface area contributed by atoms with Crippen LogP contribution in [0.25, 0.3) is 0 Å². The summed E-state index contributed by atoms with van der Waals surface area (Å²) in [5.41, 5.74) is 1.27. The van der Waals surface area contributed by atoms with Crippen molar-refractivity contribution in [3.05, 3.63) is 35.9 Å². The third-order valence-corrected chi connectivity index (χ3v) is 4.26. The molecule has 0 aliphatic rings. The first kappa shape index (κ1) is 17.7. The minimum atomic E-state index is 0.137. The van der Waals surface area contributed by atoms with Crippen LogP contribution in [0.1, 0.15) is 52.1 Å². The molecule has 0 aromatic heterocycles. The van der Waals surface area contributed by atoms with Crippen molar-refractivity contribution < 1.29 is 4.79 Å². The van der Waals surface area contributed by atoms with Crippen molar-refractivity contribution in [2.75, 3.05) is 19.6 Å². The molecule has 0 unspecified atom stereocenters. The third-order valence-electron chi connectivity index (χ3n) is 4.26. The Morgan fingerprint density at radius 3 is 2.10 bits per heavy atom. The van der Waals surface area contributed by atoms with Crippen LogP contribution >= 0.6 is 0 Å². The zero-order chi connectivity index (χ0) is 15.7. The minimum absolute atomic E-state index is 0.137. The van der Waals surface area contributed by atoms with Gasteiger partial charge >= 0.3 is 0 Å². The smallest absolute Gasteiger partial charge is 0.223 e. The van der Waals surface area contributed by atoms with E-state index in [-0.39, 0.29) is 17.9 Å². The molecule has 0 saturated heterocycles. The summed E-state index contributed by atoms with van der Waals surface area (Å²) in [4.78, 5) is 14.6. The molecule has 0 aliphatic heterocycles. The van der Waals surface area contributed by atoms with Crippen LogP contribution in [0.3, 0.4) is 0 Å². The Hall–Kier alpha value is -1.35. The molecule has 1 aromatic rings. The van der Waals surface area contributed by atoms with Crippen molar-refractivity contribution >= 4 is 5.91 Å². The van der Waals surface area contributed by atoms with Gasteiger partial charge in [0.05, 0.1) is 6.04 Å². The highest BCUT2D eigenvalue weighted by atomic mass is 16.1. The molecule has 3 nitrogen and oxygen atoms in total. The number of hydrogen-bond acceptors (Lipinski definition) is 2. The van der Waals surface area contributed by atoms with Crippen molar-refractivity contribution in [3.63, 3.8) is 0 Å². The highest BCUT2D eigenvalue weighted by Crippen LogP contribution is 2.20. The van der Waals surface area contributed by atoms with Gasteiger partial charge in [0, 0.05) is 12.5 Å². The van der Waals surface area contributed by atoms with Crippen LogP contribution in [0, 0.1) is 5.92 Å². The summed E-state index contributed by atoms with van der Waals surface area (Å²) in [5.74, 6) is 0.325. The molecule has 0 aliphatic carbocycles. The van der Waals surface area contributed by atoms with E-state index in [0.717, 1.165) is 25.9 Å². The van der Waals surface area contributed by atoms with Crippen LogP contribution in [-0.2, 0) is 4.79 Å². The largest absolute Gasteiger partial charge is 0.354 e. The average molecular weight is 290 g/mol. The number of carbonyl (C=O) groups excluding carboxylic acids is 1. The van der Waals surface area contributed by atoms with Gasteiger partial charge in [0.15, 0.2) is 0 Å². The Balaban J connectivity index is 2.77. The normalized spacial score (nSPS) is 12.7. The summed E-state index contributed by atoms with van der Waals surface area (Å²) in [7, 11) is 0. The number of rotatable bonds is 9. The fourth-order valence-electron chi connectivity index (χ4n) is 2.80. The molecular formula is C18H30N2O. The second kappa shape index (κ2) is 9.56. The van der Waals surface area contributed by atoms with Crippen molar-refractivity contribution in [3.8, 4) is 0 Å². The molecule has 0 heterocycles. The van der Waals surface area contributed by atoms with E-state index in [4.69, 9.17) is 0 Å². The van der Waals surface area contributed by atoms with E-state index in [1.165, 1.54) is 5.56 Å². The monoisotopic (exact) mass is 290 g/mol. The molecule has 0 bridgehead atoms. The highest BCUT2D eigenvalue weighted by molar-refractivity contribution is 5.78. The zero-order valence-corrected chi connectivity index (χ0v) is 13.9. The molecule has 0 spiro atoms. The summed E-state index contributed by atoms with van der Waals surface area (Å²) >= 11 is 0. The number of amides is 1. The third kappa shape index (κ3) is 5.16. The lowest BCUT2D eigenvalue weighted by Crippen LogP contribution is -2.40. The van der Waals surface area contributed by atoms with Gasteiger partial charge in [-0.2, -0.15) is 0 Å². The molecule has 3 heteroatoms. The standard InChI is InChI=1S/C18H30N2O/c1-5-15(6-2)18(21)19-14-17(20(7-3)8-4)16-12-10-9-11-13-16/h9-13,15,17H,5-8,14H2,1-4H3,(H,19,21)/t17-/m1/s1. The van der Waals surface area contributed by atoms with Crippen LogP contribution in [0.2, 0.25) is 0 Å². The van der Waals surface area contributed by atoms with Crippen molar-refractivity contribution in [2.24, 2.45) is 5.92 Å². The van der Waals surface area contributed by atoms with Crippen molar-refractivity contribution in [1.82, 2.24) is 10.2 Å². The average Bonchev–Trinajstić information content (AvgIpc) is 2.53. The van der Waals surface area contributed by atoms with Gasteiger partial charge in [0.25, 0.3) is 0 Å². The molecule has 0 radical (unpaired) electrons. The number of hydrogen-bond donors (Lipinski definition) is 1. The predicted molar refractivity (Wildman–Crippen MR) is 89.2 cm³/mol. The van der Waals surface area contributed by atoms with Gasteiger partial charge in [-0.05, 0) is 31.5 Å².